The predicted molar refractivity (Wildman–Crippen MR) is 110 cm³/mol. The summed E-state index contributed by atoms with van der Waals surface area (Å²) in [6.45, 7) is 3.18. The molecule has 5 rings (SSSR count). The van der Waals surface area contributed by atoms with Crippen molar-refractivity contribution in [2.45, 2.75) is 39.2 Å². The van der Waals surface area contributed by atoms with Crippen molar-refractivity contribution in [1.82, 2.24) is 4.90 Å². The van der Waals surface area contributed by atoms with Gasteiger partial charge in [-0.3, -0.25) is 4.79 Å². The molecule has 1 aromatic heterocycles. The number of fused-ring (bicyclic) bond motifs is 4. The molecule has 3 aromatic rings. The lowest BCUT2D eigenvalue weighted by atomic mass is 10.00. The van der Waals surface area contributed by atoms with Gasteiger partial charge in [0.2, 0.25) is 0 Å². The summed E-state index contributed by atoms with van der Waals surface area (Å²) in [4.78, 5) is 26.8. The summed E-state index contributed by atoms with van der Waals surface area (Å²) in [7, 11) is 0. The summed E-state index contributed by atoms with van der Waals surface area (Å²) in [5.41, 5.74) is 5.53. The van der Waals surface area contributed by atoms with Gasteiger partial charge in [-0.15, -0.1) is 0 Å². The lowest BCUT2D eigenvalue weighted by Crippen LogP contribution is -2.38. The summed E-state index contributed by atoms with van der Waals surface area (Å²) < 4.78 is 11.5. The maximum absolute atomic E-state index is 12.7. The lowest BCUT2D eigenvalue weighted by Gasteiger charge is -2.28. The fourth-order valence-electron chi connectivity index (χ4n) is 4.56. The molecule has 0 spiro atoms. The van der Waals surface area contributed by atoms with E-state index in [0.717, 1.165) is 47.8 Å². The van der Waals surface area contributed by atoms with Crippen LogP contribution in [0.4, 0.5) is 0 Å². The van der Waals surface area contributed by atoms with Crippen LogP contribution in [0.15, 0.2) is 45.6 Å². The highest BCUT2D eigenvalue weighted by atomic mass is 16.5. The number of ether oxygens (including phenoxy) is 1. The van der Waals surface area contributed by atoms with Gasteiger partial charge in [-0.2, -0.15) is 0 Å². The van der Waals surface area contributed by atoms with Crippen LogP contribution in [0.5, 0.6) is 5.75 Å². The number of rotatable bonds is 3. The van der Waals surface area contributed by atoms with E-state index in [1.807, 2.05) is 36.1 Å². The molecule has 5 heteroatoms. The smallest absolute Gasteiger partial charge is 0.339 e. The molecule has 5 nitrogen and oxygen atoms in total. The Morgan fingerprint density at radius 2 is 1.86 bits per heavy atom. The number of carbonyl (C=O) groups is 1. The van der Waals surface area contributed by atoms with Gasteiger partial charge in [-0.1, -0.05) is 24.3 Å². The van der Waals surface area contributed by atoms with Crippen molar-refractivity contribution >= 4 is 16.9 Å². The van der Waals surface area contributed by atoms with Gasteiger partial charge in [0.1, 0.15) is 11.3 Å². The fraction of sp³-hybridized carbons (Fsp3) is 0.333. The van der Waals surface area contributed by atoms with Crippen molar-refractivity contribution in [1.29, 1.82) is 0 Å². The first kappa shape index (κ1) is 18.0. The molecule has 0 bridgehead atoms. The normalized spacial score (nSPS) is 15.3. The minimum absolute atomic E-state index is 0.0241. The SMILES string of the molecule is Cc1c(OCC(=O)N2CCc3ccccc3C2)ccc2c3c(c(=O)oc12)CCC3. The van der Waals surface area contributed by atoms with E-state index in [1.54, 1.807) is 0 Å². The monoisotopic (exact) mass is 389 g/mol. The van der Waals surface area contributed by atoms with Crippen LogP contribution in [-0.2, 0) is 30.6 Å². The molecule has 0 saturated heterocycles. The van der Waals surface area contributed by atoms with Crippen LogP contribution in [0.1, 0.15) is 34.2 Å². The molecule has 1 aliphatic heterocycles. The summed E-state index contributed by atoms with van der Waals surface area (Å²) in [5, 5.41) is 0.987. The highest BCUT2D eigenvalue weighted by molar-refractivity contribution is 5.86. The topological polar surface area (TPSA) is 59.8 Å². The molecule has 148 valence electrons. The molecule has 2 aliphatic rings. The van der Waals surface area contributed by atoms with E-state index in [4.69, 9.17) is 9.15 Å². The predicted octanol–water partition coefficient (Wildman–Crippen LogP) is 3.55. The zero-order valence-corrected chi connectivity index (χ0v) is 16.5. The molecular formula is C24H23NO4. The Labute approximate surface area is 168 Å². The molecule has 0 atom stereocenters. The fourth-order valence-corrected chi connectivity index (χ4v) is 4.56. The minimum atomic E-state index is -0.242. The first-order valence-electron chi connectivity index (χ1n) is 10.2. The number of carbonyl (C=O) groups excluding carboxylic acids is 1. The Balaban J connectivity index is 1.35. The number of benzene rings is 2. The number of aryl methyl sites for hydroxylation is 2. The number of hydrogen-bond donors (Lipinski definition) is 0. The number of nitrogens with zero attached hydrogens (tertiary/aromatic N) is 1. The highest BCUT2D eigenvalue weighted by Gasteiger charge is 2.23. The van der Waals surface area contributed by atoms with Gasteiger partial charge < -0.3 is 14.1 Å². The minimum Gasteiger partial charge on any atom is -0.483 e. The maximum Gasteiger partial charge on any atom is 0.339 e. The largest absolute Gasteiger partial charge is 0.483 e. The van der Waals surface area contributed by atoms with Crippen LogP contribution in [0.25, 0.3) is 11.0 Å². The van der Waals surface area contributed by atoms with E-state index < -0.39 is 0 Å². The van der Waals surface area contributed by atoms with Crippen LogP contribution in [0.3, 0.4) is 0 Å². The molecule has 0 N–H and O–H groups in total. The first-order chi connectivity index (χ1) is 14.1. The second-order valence-electron chi connectivity index (χ2n) is 7.89. The molecule has 29 heavy (non-hydrogen) atoms. The van der Waals surface area contributed by atoms with Gasteiger partial charge in [0.15, 0.2) is 6.61 Å². The molecule has 1 aliphatic carbocycles. The second-order valence-corrected chi connectivity index (χ2v) is 7.89. The van der Waals surface area contributed by atoms with Crippen molar-refractivity contribution in [3.8, 4) is 5.75 Å². The van der Waals surface area contributed by atoms with Crippen LogP contribution in [-0.4, -0.2) is 24.0 Å². The summed E-state index contributed by atoms with van der Waals surface area (Å²) in [6.07, 6.45) is 3.56. The van der Waals surface area contributed by atoms with Crippen LogP contribution in [0.2, 0.25) is 0 Å². The van der Waals surface area contributed by atoms with E-state index in [0.29, 0.717) is 24.4 Å². The summed E-state index contributed by atoms with van der Waals surface area (Å²) >= 11 is 0. The van der Waals surface area contributed by atoms with Crippen molar-refractivity contribution in [3.63, 3.8) is 0 Å². The van der Waals surface area contributed by atoms with Gasteiger partial charge in [0, 0.05) is 29.6 Å². The summed E-state index contributed by atoms with van der Waals surface area (Å²) in [6, 6.07) is 12.1. The third-order valence-electron chi connectivity index (χ3n) is 6.17. The van der Waals surface area contributed by atoms with Gasteiger partial charge in [0.25, 0.3) is 5.91 Å². The molecule has 2 aromatic carbocycles. The Hall–Kier alpha value is -3.08. The quantitative estimate of drug-likeness (QED) is 0.643. The zero-order chi connectivity index (χ0) is 20.0. The van der Waals surface area contributed by atoms with E-state index in [2.05, 4.69) is 12.1 Å². The number of hydrogen-bond acceptors (Lipinski definition) is 4. The second kappa shape index (κ2) is 7.07. The van der Waals surface area contributed by atoms with Gasteiger partial charge >= 0.3 is 5.63 Å². The van der Waals surface area contributed by atoms with Crippen molar-refractivity contribution < 1.29 is 13.9 Å². The van der Waals surface area contributed by atoms with E-state index in [1.165, 1.54) is 11.1 Å². The first-order valence-corrected chi connectivity index (χ1v) is 10.2. The lowest BCUT2D eigenvalue weighted by molar-refractivity contribution is -0.134. The molecular weight excluding hydrogens is 366 g/mol. The van der Waals surface area contributed by atoms with Crippen molar-refractivity contribution in [2.24, 2.45) is 0 Å². The molecule has 2 heterocycles. The van der Waals surface area contributed by atoms with E-state index in [-0.39, 0.29) is 18.1 Å². The summed E-state index contributed by atoms with van der Waals surface area (Å²) in [5.74, 6) is 0.554. The Bertz CT molecular complexity index is 1180. The maximum atomic E-state index is 12.7. The molecule has 0 saturated carbocycles. The Morgan fingerprint density at radius 3 is 2.72 bits per heavy atom. The average Bonchev–Trinajstić information content (AvgIpc) is 3.24. The average molecular weight is 389 g/mol. The third kappa shape index (κ3) is 3.11. The molecule has 0 fully saturated rings. The third-order valence-corrected chi connectivity index (χ3v) is 6.17. The Kier molecular flexibility index (Phi) is 4.38. The van der Waals surface area contributed by atoms with Crippen molar-refractivity contribution in [3.05, 3.63) is 74.6 Å². The molecule has 1 amide bonds. The van der Waals surface area contributed by atoms with E-state index in [9.17, 15) is 9.59 Å². The standard InChI is InChI=1S/C24H23NO4/c1-15-21(10-9-19-18-7-4-8-20(18)24(27)29-23(15)19)28-14-22(26)25-12-11-16-5-2-3-6-17(16)13-25/h2-3,5-6,9-10H,4,7-8,11-14H2,1H3. The van der Waals surface area contributed by atoms with Crippen LogP contribution >= 0.6 is 0 Å². The Morgan fingerprint density at radius 1 is 1.07 bits per heavy atom. The van der Waals surface area contributed by atoms with Gasteiger partial charge in [-0.05, 0) is 61.4 Å². The van der Waals surface area contributed by atoms with Crippen molar-refractivity contribution in [2.75, 3.05) is 13.2 Å². The van der Waals surface area contributed by atoms with Gasteiger partial charge in [0.05, 0.1) is 0 Å². The molecule has 0 unspecified atom stereocenters. The zero-order valence-electron chi connectivity index (χ0n) is 16.5. The highest BCUT2D eigenvalue weighted by Crippen LogP contribution is 2.33. The van der Waals surface area contributed by atoms with Crippen LogP contribution in [0, 0.1) is 6.92 Å². The van der Waals surface area contributed by atoms with E-state index >= 15 is 0 Å². The number of amides is 1. The van der Waals surface area contributed by atoms with Gasteiger partial charge in [-0.25, -0.2) is 4.79 Å². The van der Waals surface area contributed by atoms with Crippen LogP contribution < -0.4 is 10.4 Å². The molecule has 0 radical (unpaired) electrons.